The van der Waals surface area contributed by atoms with Crippen molar-refractivity contribution in [2.24, 2.45) is 0 Å². The number of Topliss-reactive ketones (excluding diaryl/α,β-unsaturated/α-hetero) is 1. The van der Waals surface area contributed by atoms with Crippen molar-refractivity contribution in [2.75, 3.05) is 0 Å². The zero-order valence-electron chi connectivity index (χ0n) is 9.18. The first-order valence-electron chi connectivity index (χ1n) is 5.72. The lowest BCUT2D eigenvalue weighted by Gasteiger charge is -1.99. The van der Waals surface area contributed by atoms with E-state index in [1.165, 1.54) is 44.8 Å². The number of ketones is 1. The van der Waals surface area contributed by atoms with Crippen molar-refractivity contribution >= 4 is 12.1 Å². The Morgan fingerprint density at radius 1 is 0.929 bits per heavy atom. The van der Waals surface area contributed by atoms with Crippen molar-refractivity contribution in [1.29, 1.82) is 0 Å². The molecule has 1 radical (unpaired) electrons. The highest BCUT2D eigenvalue weighted by atomic mass is 16.2. The highest BCUT2D eigenvalue weighted by Gasteiger charge is 1.99. The monoisotopic (exact) mass is 197 g/mol. The number of rotatable bonds is 10. The second-order valence-corrected chi connectivity index (χ2v) is 3.75. The molecule has 0 bridgehead atoms. The second-order valence-electron chi connectivity index (χ2n) is 3.75. The lowest BCUT2D eigenvalue weighted by molar-refractivity contribution is -0.113. The molecule has 2 nitrogen and oxygen atoms in total. The number of hydrogen-bond donors (Lipinski definition) is 0. The Kier molecular flexibility index (Phi) is 9.93. The van der Waals surface area contributed by atoms with Gasteiger partial charge in [0.1, 0.15) is 0 Å². The van der Waals surface area contributed by atoms with Crippen LogP contribution >= 0.6 is 0 Å². The smallest absolute Gasteiger partial charge is 0.272 e. The van der Waals surface area contributed by atoms with Gasteiger partial charge in [-0.05, 0) is 6.42 Å². The summed E-state index contributed by atoms with van der Waals surface area (Å²) in [5, 5.41) is 0. The quantitative estimate of drug-likeness (QED) is 0.398. The SMILES string of the molecule is CCCCCCCCCCC(=O)[C]=O. The van der Waals surface area contributed by atoms with E-state index in [1.807, 2.05) is 0 Å². The Labute approximate surface area is 87.1 Å². The molecule has 81 valence electrons. The fourth-order valence-electron chi connectivity index (χ4n) is 1.47. The van der Waals surface area contributed by atoms with Crippen molar-refractivity contribution in [1.82, 2.24) is 0 Å². The number of hydrogen-bond acceptors (Lipinski definition) is 2. The molecule has 14 heavy (non-hydrogen) atoms. The Morgan fingerprint density at radius 2 is 1.43 bits per heavy atom. The van der Waals surface area contributed by atoms with Crippen molar-refractivity contribution in [3.8, 4) is 0 Å². The number of carbonyl (C=O) groups is 1. The van der Waals surface area contributed by atoms with Gasteiger partial charge in [0.05, 0.1) is 0 Å². The zero-order chi connectivity index (χ0) is 10.6. The summed E-state index contributed by atoms with van der Waals surface area (Å²) in [6.07, 6.45) is 11.4. The largest absolute Gasteiger partial charge is 0.290 e. The van der Waals surface area contributed by atoms with E-state index in [-0.39, 0.29) is 5.78 Å². The highest BCUT2D eigenvalue weighted by molar-refractivity contribution is 6.25. The van der Waals surface area contributed by atoms with E-state index in [0.717, 1.165) is 12.8 Å². The first-order valence-corrected chi connectivity index (χ1v) is 5.72. The van der Waals surface area contributed by atoms with Crippen LogP contribution in [0.3, 0.4) is 0 Å². The van der Waals surface area contributed by atoms with Gasteiger partial charge in [-0.25, -0.2) is 0 Å². The summed E-state index contributed by atoms with van der Waals surface area (Å²) in [5.74, 6) is -0.379. The van der Waals surface area contributed by atoms with Gasteiger partial charge in [0.25, 0.3) is 6.29 Å². The first kappa shape index (κ1) is 13.3. The van der Waals surface area contributed by atoms with Crippen LogP contribution in [0.4, 0.5) is 0 Å². The lowest BCUT2D eigenvalue weighted by Crippen LogP contribution is -1.97. The molecular weight excluding hydrogens is 176 g/mol. The second kappa shape index (κ2) is 10.4. The normalized spacial score (nSPS) is 10.1. The highest BCUT2D eigenvalue weighted by Crippen LogP contribution is 2.09. The third-order valence-corrected chi connectivity index (χ3v) is 2.37. The molecule has 0 N–H and O–H groups in total. The number of carbonyl (C=O) groups excluding carboxylic acids is 2. The van der Waals surface area contributed by atoms with Gasteiger partial charge < -0.3 is 0 Å². The van der Waals surface area contributed by atoms with E-state index < -0.39 is 0 Å². The van der Waals surface area contributed by atoms with Crippen molar-refractivity contribution in [3.05, 3.63) is 0 Å². The summed E-state index contributed by atoms with van der Waals surface area (Å²) in [5.41, 5.74) is 0. The zero-order valence-corrected chi connectivity index (χ0v) is 9.18. The molecule has 0 unspecified atom stereocenters. The van der Waals surface area contributed by atoms with Gasteiger partial charge in [-0.2, -0.15) is 0 Å². The van der Waals surface area contributed by atoms with E-state index in [4.69, 9.17) is 0 Å². The third kappa shape index (κ3) is 9.43. The van der Waals surface area contributed by atoms with E-state index in [0.29, 0.717) is 6.42 Å². The average Bonchev–Trinajstić information content (AvgIpc) is 2.21. The Balaban J connectivity index is 2.99. The van der Waals surface area contributed by atoms with Crippen LogP contribution in [0, 0.1) is 0 Å². The molecule has 2 heteroatoms. The van der Waals surface area contributed by atoms with Crippen LogP contribution < -0.4 is 0 Å². The van der Waals surface area contributed by atoms with Crippen molar-refractivity contribution < 1.29 is 9.59 Å². The van der Waals surface area contributed by atoms with Gasteiger partial charge in [0, 0.05) is 6.42 Å². The van der Waals surface area contributed by atoms with Gasteiger partial charge in [0.2, 0.25) is 5.78 Å². The fourth-order valence-corrected chi connectivity index (χ4v) is 1.47. The first-order chi connectivity index (χ1) is 6.81. The topological polar surface area (TPSA) is 34.1 Å². The summed E-state index contributed by atoms with van der Waals surface area (Å²) in [7, 11) is 0. The predicted octanol–water partition coefficient (Wildman–Crippen LogP) is 3.20. The van der Waals surface area contributed by atoms with E-state index in [2.05, 4.69) is 6.92 Å². The van der Waals surface area contributed by atoms with Gasteiger partial charge in [-0.3, -0.25) is 9.59 Å². The summed E-state index contributed by atoms with van der Waals surface area (Å²) in [4.78, 5) is 20.4. The molecule has 0 aromatic heterocycles. The minimum atomic E-state index is -0.379. The summed E-state index contributed by atoms with van der Waals surface area (Å²) < 4.78 is 0. The molecule has 0 atom stereocenters. The molecular formula is C12H21O2. The summed E-state index contributed by atoms with van der Waals surface area (Å²) in [6, 6.07) is 0. The maximum Gasteiger partial charge on any atom is 0.272 e. The minimum absolute atomic E-state index is 0.379. The molecule has 0 aromatic rings. The van der Waals surface area contributed by atoms with Gasteiger partial charge in [-0.15, -0.1) is 0 Å². The van der Waals surface area contributed by atoms with Gasteiger partial charge in [0.15, 0.2) is 0 Å². The Morgan fingerprint density at radius 3 is 1.93 bits per heavy atom. The Hall–Kier alpha value is -0.660. The molecule has 0 saturated heterocycles. The fraction of sp³-hybridized carbons (Fsp3) is 0.833. The van der Waals surface area contributed by atoms with Crippen LogP contribution in [0.5, 0.6) is 0 Å². The van der Waals surface area contributed by atoms with Crippen molar-refractivity contribution in [2.45, 2.75) is 64.7 Å². The number of unbranched alkanes of at least 4 members (excludes halogenated alkanes) is 7. The predicted molar refractivity (Wildman–Crippen MR) is 57.9 cm³/mol. The van der Waals surface area contributed by atoms with Crippen LogP contribution in [0.1, 0.15) is 64.7 Å². The summed E-state index contributed by atoms with van der Waals surface area (Å²) >= 11 is 0. The van der Waals surface area contributed by atoms with E-state index in [1.54, 1.807) is 0 Å². The Bertz CT molecular complexity index is 152. The lowest BCUT2D eigenvalue weighted by atomic mass is 10.1. The molecule has 0 aromatic carbocycles. The molecule has 0 aliphatic rings. The molecule has 0 fully saturated rings. The minimum Gasteiger partial charge on any atom is -0.290 e. The molecule has 0 aliphatic heterocycles. The van der Waals surface area contributed by atoms with Crippen molar-refractivity contribution in [3.63, 3.8) is 0 Å². The molecule has 0 aliphatic carbocycles. The summed E-state index contributed by atoms with van der Waals surface area (Å²) in [6.45, 7) is 2.21. The molecule has 0 saturated carbocycles. The molecule has 0 heterocycles. The van der Waals surface area contributed by atoms with E-state index >= 15 is 0 Å². The van der Waals surface area contributed by atoms with Crippen LogP contribution in [-0.4, -0.2) is 12.1 Å². The standard InChI is InChI=1S/C12H21O2/c1-2-3-4-5-6-7-8-9-10-12(14)11-13/h2-10H2,1H3. The molecule has 0 spiro atoms. The van der Waals surface area contributed by atoms with Crippen LogP contribution in [0.15, 0.2) is 0 Å². The van der Waals surface area contributed by atoms with Gasteiger partial charge >= 0.3 is 0 Å². The van der Waals surface area contributed by atoms with Crippen LogP contribution in [0.2, 0.25) is 0 Å². The maximum atomic E-state index is 10.6. The third-order valence-electron chi connectivity index (χ3n) is 2.37. The van der Waals surface area contributed by atoms with Gasteiger partial charge in [-0.1, -0.05) is 51.9 Å². The average molecular weight is 197 g/mol. The van der Waals surface area contributed by atoms with Crippen LogP contribution in [0.25, 0.3) is 0 Å². The maximum absolute atomic E-state index is 10.6. The molecule has 0 rings (SSSR count). The van der Waals surface area contributed by atoms with E-state index in [9.17, 15) is 9.59 Å². The van der Waals surface area contributed by atoms with Crippen LogP contribution in [-0.2, 0) is 9.59 Å². The molecule has 0 amide bonds.